The van der Waals surface area contributed by atoms with E-state index in [1.807, 2.05) is 0 Å². The lowest BCUT2D eigenvalue weighted by Crippen LogP contribution is -2.05. The first-order valence-electron chi connectivity index (χ1n) is 7.52. The Labute approximate surface area is 142 Å². The van der Waals surface area contributed by atoms with Crippen LogP contribution in [-0.4, -0.2) is 27.5 Å². The second kappa shape index (κ2) is 6.91. The molecule has 0 amide bonds. The minimum absolute atomic E-state index is 0.0503. The maximum atomic E-state index is 11.8. The number of nitro benzene ring substituents is 1. The van der Waals surface area contributed by atoms with Gasteiger partial charge < -0.3 is 10.1 Å². The van der Waals surface area contributed by atoms with Crippen molar-refractivity contribution in [2.24, 2.45) is 0 Å². The third kappa shape index (κ3) is 3.52. The minimum Gasteiger partial charge on any atom is -0.462 e. The highest BCUT2D eigenvalue weighted by molar-refractivity contribution is 5.94. The van der Waals surface area contributed by atoms with Crippen LogP contribution in [0.5, 0.6) is 0 Å². The number of ether oxygens (including phenoxy) is 1. The van der Waals surface area contributed by atoms with Crippen LogP contribution in [0.4, 0.5) is 17.2 Å². The Hall–Kier alpha value is -3.55. The van der Waals surface area contributed by atoms with Crippen molar-refractivity contribution in [1.82, 2.24) is 9.97 Å². The number of aromatic nitrogens is 2. The van der Waals surface area contributed by atoms with Gasteiger partial charge in [0.25, 0.3) is 5.69 Å². The Morgan fingerprint density at radius 1 is 1.24 bits per heavy atom. The maximum absolute atomic E-state index is 11.8. The Morgan fingerprint density at radius 3 is 2.84 bits per heavy atom. The molecule has 1 aromatic heterocycles. The number of nitro groups is 1. The van der Waals surface area contributed by atoms with E-state index >= 15 is 0 Å². The molecule has 0 spiro atoms. The predicted octanol–water partition coefficient (Wildman–Crippen LogP) is 3.46. The number of nitrogens with zero attached hydrogens (tertiary/aromatic N) is 3. The third-order valence-electron chi connectivity index (χ3n) is 3.47. The van der Waals surface area contributed by atoms with Crippen molar-refractivity contribution >= 4 is 34.1 Å². The average Bonchev–Trinajstić information content (AvgIpc) is 2.62. The zero-order valence-corrected chi connectivity index (χ0v) is 13.3. The van der Waals surface area contributed by atoms with Crippen LogP contribution in [0, 0.1) is 10.1 Å². The summed E-state index contributed by atoms with van der Waals surface area (Å²) in [6, 6.07) is 11.1. The molecule has 0 bridgehead atoms. The van der Waals surface area contributed by atoms with Crippen molar-refractivity contribution in [2.75, 3.05) is 11.9 Å². The number of anilines is 2. The van der Waals surface area contributed by atoms with E-state index in [4.69, 9.17) is 4.74 Å². The standard InChI is InChI=1S/C17H14N4O4/c1-2-25-17(22)11-4-3-5-12(8-11)20-16-14-9-13(21(23)24)6-7-15(14)18-10-19-16/h3-10H,2H2,1H3,(H,18,19,20). The van der Waals surface area contributed by atoms with E-state index in [0.29, 0.717) is 28.0 Å². The zero-order valence-electron chi connectivity index (χ0n) is 13.3. The Balaban J connectivity index is 1.98. The van der Waals surface area contributed by atoms with Crippen molar-refractivity contribution in [2.45, 2.75) is 6.92 Å². The summed E-state index contributed by atoms with van der Waals surface area (Å²) >= 11 is 0. The first-order valence-corrected chi connectivity index (χ1v) is 7.52. The number of carbonyl (C=O) groups excluding carboxylic acids is 1. The van der Waals surface area contributed by atoms with Gasteiger partial charge in [-0.25, -0.2) is 14.8 Å². The first kappa shape index (κ1) is 16.3. The molecule has 1 heterocycles. The van der Waals surface area contributed by atoms with E-state index in [1.54, 1.807) is 37.3 Å². The lowest BCUT2D eigenvalue weighted by atomic mass is 10.2. The highest BCUT2D eigenvalue weighted by Gasteiger charge is 2.12. The number of carbonyl (C=O) groups is 1. The quantitative estimate of drug-likeness (QED) is 0.431. The fourth-order valence-corrected chi connectivity index (χ4v) is 2.33. The van der Waals surface area contributed by atoms with E-state index in [2.05, 4.69) is 15.3 Å². The summed E-state index contributed by atoms with van der Waals surface area (Å²) in [5.41, 5.74) is 1.53. The smallest absolute Gasteiger partial charge is 0.338 e. The van der Waals surface area contributed by atoms with Gasteiger partial charge in [0.15, 0.2) is 0 Å². The van der Waals surface area contributed by atoms with Crippen LogP contribution >= 0.6 is 0 Å². The molecule has 8 nitrogen and oxygen atoms in total. The van der Waals surface area contributed by atoms with Gasteiger partial charge >= 0.3 is 5.97 Å². The molecule has 8 heteroatoms. The number of esters is 1. The molecule has 25 heavy (non-hydrogen) atoms. The van der Waals surface area contributed by atoms with E-state index in [9.17, 15) is 14.9 Å². The number of rotatable bonds is 5. The molecule has 3 rings (SSSR count). The largest absolute Gasteiger partial charge is 0.462 e. The monoisotopic (exact) mass is 338 g/mol. The van der Waals surface area contributed by atoms with Gasteiger partial charge in [0.05, 0.1) is 22.6 Å². The van der Waals surface area contributed by atoms with Gasteiger partial charge in [0.1, 0.15) is 12.1 Å². The third-order valence-corrected chi connectivity index (χ3v) is 3.47. The van der Waals surface area contributed by atoms with E-state index in [1.165, 1.54) is 18.5 Å². The fourth-order valence-electron chi connectivity index (χ4n) is 2.33. The van der Waals surface area contributed by atoms with Crippen LogP contribution in [0.3, 0.4) is 0 Å². The highest BCUT2D eigenvalue weighted by atomic mass is 16.6. The SMILES string of the molecule is CCOC(=O)c1cccc(Nc2ncnc3ccc([N+](=O)[O-])cc23)c1. The molecule has 0 fully saturated rings. The van der Waals surface area contributed by atoms with Gasteiger partial charge in [0.2, 0.25) is 0 Å². The molecule has 0 radical (unpaired) electrons. The Bertz CT molecular complexity index is 958. The Morgan fingerprint density at radius 2 is 2.08 bits per heavy atom. The van der Waals surface area contributed by atoms with Crippen LogP contribution in [-0.2, 0) is 4.74 Å². The van der Waals surface area contributed by atoms with Crippen molar-refractivity contribution in [3.05, 3.63) is 64.5 Å². The van der Waals surface area contributed by atoms with E-state index in [0.717, 1.165) is 0 Å². The van der Waals surface area contributed by atoms with Crippen molar-refractivity contribution in [3.8, 4) is 0 Å². The highest BCUT2D eigenvalue weighted by Crippen LogP contribution is 2.27. The molecule has 2 aromatic carbocycles. The molecular weight excluding hydrogens is 324 g/mol. The lowest BCUT2D eigenvalue weighted by molar-refractivity contribution is -0.384. The van der Waals surface area contributed by atoms with Crippen molar-refractivity contribution < 1.29 is 14.5 Å². The first-order chi connectivity index (χ1) is 12.1. The second-order valence-corrected chi connectivity index (χ2v) is 5.11. The normalized spacial score (nSPS) is 10.4. The molecule has 0 atom stereocenters. The van der Waals surface area contributed by atoms with Crippen LogP contribution in [0.25, 0.3) is 10.9 Å². The second-order valence-electron chi connectivity index (χ2n) is 5.11. The lowest BCUT2D eigenvalue weighted by Gasteiger charge is -2.09. The van der Waals surface area contributed by atoms with Crippen LogP contribution < -0.4 is 5.32 Å². The van der Waals surface area contributed by atoms with Crippen LogP contribution in [0.1, 0.15) is 17.3 Å². The molecular formula is C17H14N4O4. The summed E-state index contributed by atoms with van der Waals surface area (Å²) in [4.78, 5) is 30.6. The van der Waals surface area contributed by atoms with Gasteiger partial charge in [-0.15, -0.1) is 0 Å². The molecule has 0 saturated heterocycles. The summed E-state index contributed by atoms with van der Waals surface area (Å²) in [5.74, 6) is -0.0101. The number of non-ortho nitro benzene ring substituents is 1. The molecule has 0 aliphatic rings. The molecule has 0 aliphatic carbocycles. The number of hydrogen-bond acceptors (Lipinski definition) is 7. The zero-order chi connectivity index (χ0) is 17.8. The Kier molecular flexibility index (Phi) is 4.51. The molecule has 0 unspecified atom stereocenters. The predicted molar refractivity (Wildman–Crippen MR) is 91.9 cm³/mol. The number of nitrogens with one attached hydrogen (secondary N) is 1. The number of fused-ring (bicyclic) bond motifs is 1. The van der Waals surface area contributed by atoms with Gasteiger partial charge in [-0.2, -0.15) is 0 Å². The van der Waals surface area contributed by atoms with E-state index in [-0.39, 0.29) is 12.3 Å². The van der Waals surface area contributed by atoms with E-state index < -0.39 is 10.9 Å². The molecule has 3 aromatic rings. The number of benzene rings is 2. The summed E-state index contributed by atoms with van der Waals surface area (Å²) in [7, 11) is 0. The summed E-state index contributed by atoms with van der Waals surface area (Å²) in [5, 5.41) is 14.6. The fraction of sp³-hybridized carbons (Fsp3) is 0.118. The molecule has 126 valence electrons. The molecule has 1 N–H and O–H groups in total. The van der Waals surface area contributed by atoms with Gasteiger partial charge in [0, 0.05) is 23.2 Å². The average molecular weight is 338 g/mol. The summed E-state index contributed by atoms with van der Waals surface area (Å²) in [6.07, 6.45) is 1.37. The summed E-state index contributed by atoms with van der Waals surface area (Å²) < 4.78 is 4.98. The number of hydrogen-bond donors (Lipinski definition) is 1. The topological polar surface area (TPSA) is 107 Å². The van der Waals surface area contributed by atoms with Gasteiger partial charge in [-0.1, -0.05) is 6.07 Å². The van der Waals surface area contributed by atoms with Gasteiger partial charge in [-0.3, -0.25) is 10.1 Å². The van der Waals surface area contributed by atoms with Crippen molar-refractivity contribution in [1.29, 1.82) is 0 Å². The van der Waals surface area contributed by atoms with Crippen molar-refractivity contribution in [3.63, 3.8) is 0 Å². The minimum atomic E-state index is -0.475. The summed E-state index contributed by atoms with van der Waals surface area (Å²) in [6.45, 7) is 2.02. The molecule has 0 saturated carbocycles. The molecule has 0 aliphatic heterocycles. The van der Waals surface area contributed by atoms with Crippen LogP contribution in [0.2, 0.25) is 0 Å². The van der Waals surface area contributed by atoms with Gasteiger partial charge in [-0.05, 0) is 31.2 Å². The maximum Gasteiger partial charge on any atom is 0.338 e. The van der Waals surface area contributed by atoms with Crippen LogP contribution in [0.15, 0.2) is 48.8 Å².